The number of nitrogens with one attached hydrogen (secondary N) is 3. The molecule has 7 amide bonds. The summed E-state index contributed by atoms with van der Waals surface area (Å²) in [6.45, 7) is 16.7. The van der Waals surface area contributed by atoms with E-state index in [0.29, 0.717) is 62.2 Å². The molecular formula is C66H91N7O13S. The van der Waals surface area contributed by atoms with Gasteiger partial charge in [-0.05, 0) is 92.4 Å². The Morgan fingerprint density at radius 3 is 2.09 bits per heavy atom. The molecule has 9 atom stereocenters. The van der Waals surface area contributed by atoms with Crippen molar-refractivity contribution in [1.29, 1.82) is 0 Å². The molecule has 2 aliphatic rings. The number of carbonyl (C=O) groups is 11. The molecule has 0 unspecified atom stereocenters. The van der Waals surface area contributed by atoms with Crippen molar-refractivity contribution < 1.29 is 62.6 Å². The Kier molecular flexibility index (Phi) is 27.7. The molecule has 2 aromatic carbocycles. The SMILES string of the molecule is CC[C@H](C)[C@H](CC(=O)[C@H]1CCCCN1C(=O)CCc1ccc(NC(=O)[C@H](C)CC(=O)[C@@H](NC(=O)CCCCCN2C(=O)C=CC2=O)C(C)C)cc1)C(=O)N(C)[C@H](C[C@@H](OC(C)=O)c1nc(C(=O)N[C@@H](Cc2ccccc2)C[C@H](C)C(=O)O)cs1)C(C)C. The van der Waals surface area contributed by atoms with Gasteiger partial charge in [-0.3, -0.25) is 57.6 Å². The van der Waals surface area contributed by atoms with Crippen LogP contribution in [0, 0.1) is 35.5 Å². The summed E-state index contributed by atoms with van der Waals surface area (Å²) >= 11 is 1.14. The fourth-order valence-corrected chi connectivity index (χ4v) is 12.1. The van der Waals surface area contributed by atoms with Gasteiger partial charge >= 0.3 is 11.9 Å². The number of rotatable bonds is 35. The van der Waals surface area contributed by atoms with Crippen molar-refractivity contribution in [1.82, 2.24) is 30.3 Å². The number of imide groups is 1. The number of hydrogen-bond acceptors (Lipinski definition) is 14. The Bertz CT molecular complexity index is 2890. The summed E-state index contributed by atoms with van der Waals surface area (Å²) in [5.74, 6) is -6.97. The van der Waals surface area contributed by atoms with Gasteiger partial charge in [-0.2, -0.15) is 0 Å². The third-order valence-electron chi connectivity index (χ3n) is 16.7. The Hall–Kier alpha value is -7.42. The molecule has 474 valence electrons. The second-order valence-corrected chi connectivity index (χ2v) is 25.2. The number of thiazole rings is 1. The Morgan fingerprint density at radius 2 is 1.47 bits per heavy atom. The number of esters is 1. The molecule has 3 heterocycles. The molecule has 1 saturated heterocycles. The predicted octanol–water partition coefficient (Wildman–Crippen LogP) is 8.87. The number of unbranched alkanes of at least 4 members (excludes halogenated alkanes) is 2. The Labute approximate surface area is 516 Å². The van der Waals surface area contributed by atoms with E-state index in [0.717, 1.165) is 40.2 Å². The van der Waals surface area contributed by atoms with Gasteiger partial charge in [-0.25, -0.2) is 4.98 Å². The van der Waals surface area contributed by atoms with Crippen LogP contribution in [0.15, 0.2) is 72.1 Å². The third-order valence-corrected chi connectivity index (χ3v) is 17.6. The number of benzene rings is 2. The van der Waals surface area contributed by atoms with Crippen LogP contribution < -0.4 is 16.0 Å². The number of ether oxygens (including phenoxy) is 1. The van der Waals surface area contributed by atoms with Crippen molar-refractivity contribution in [3.63, 3.8) is 0 Å². The van der Waals surface area contributed by atoms with Gasteiger partial charge in [-0.1, -0.05) is 111 Å². The third kappa shape index (κ3) is 21.4. The van der Waals surface area contributed by atoms with E-state index in [-0.39, 0.29) is 116 Å². The van der Waals surface area contributed by atoms with Crippen molar-refractivity contribution in [2.75, 3.05) is 25.5 Å². The molecule has 1 aromatic heterocycles. The van der Waals surface area contributed by atoms with E-state index >= 15 is 0 Å². The molecule has 5 rings (SSSR count). The molecular weight excluding hydrogens is 1130 g/mol. The van der Waals surface area contributed by atoms with Crippen molar-refractivity contribution >= 4 is 81.9 Å². The zero-order valence-corrected chi connectivity index (χ0v) is 53.2. The standard InChI is InChI=1S/C66H91N7O13S/c1-11-42(6)50(65(83)71(10)53(40(2)3)38-56(86-45(9)74)64-69-51(39-87-64)63(82)68-49(34-44(8)66(84)85)36-47-20-14-12-15-21-47)37-54(75)52-22-17-19-32-72(52)58(78)29-26-46-24-27-48(28-25-46)67-62(81)43(7)35-55(76)61(41(4)5)70-57(77)23-16-13-18-33-73-59(79)30-31-60(73)80/h12,14-15,20-21,24-25,27-28,30-31,39-44,49-50,52-53,56,61H,11,13,16-19,22-23,26,29,32-38H2,1-10H3,(H,67,81)(H,68,82)(H,70,77)(H,84,85)/t42-,43+,44-,49+,50-,52+,53+,56+,61-/m0/s1. The zero-order valence-electron chi connectivity index (χ0n) is 52.3. The van der Waals surface area contributed by atoms with E-state index in [1.54, 1.807) is 48.2 Å². The zero-order chi connectivity index (χ0) is 64.1. The van der Waals surface area contributed by atoms with E-state index in [1.165, 1.54) is 19.1 Å². The van der Waals surface area contributed by atoms with Gasteiger partial charge in [-0.15, -0.1) is 11.3 Å². The minimum Gasteiger partial charge on any atom is -0.481 e. The highest BCUT2D eigenvalue weighted by Gasteiger charge is 2.39. The number of carboxylic acids is 1. The first-order valence-corrected chi connectivity index (χ1v) is 31.7. The average molecular weight is 1220 g/mol. The molecule has 21 heteroatoms. The Balaban J connectivity index is 1.15. The first-order chi connectivity index (χ1) is 41.3. The van der Waals surface area contributed by atoms with E-state index in [4.69, 9.17) is 4.74 Å². The number of nitrogens with zero attached hydrogens (tertiary/aromatic N) is 4. The summed E-state index contributed by atoms with van der Waals surface area (Å²) < 4.78 is 5.85. The number of aromatic nitrogens is 1. The van der Waals surface area contributed by atoms with Crippen LogP contribution in [0.25, 0.3) is 0 Å². The number of ketones is 2. The number of anilines is 1. The van der Waals surface area contributed by atoms with Crippen molar-refractivity contribution in [2.24, 2.45) is 35.5 Å². The molecule has 0 saturated carbocycles. The molecule has 0 aliphatic carbocycles. The van der Waals surface area contributed by atoms with Crippen LogP contribution in [0.3, 0.4) is 0 Å². The minimum absolute atomic E-state index is 0.0722. The molecule has 0 spiro atoms. The highest BCUT2D eigenvalue weighted by Crippen LogP contribution is 2.34. The fraction of sp³-hybridized carbons (Fsp3) is 0.576. The average Bonchev–Trinajstić information content (AvgIpc) is 4.25. The van der Waals surface area contributed by atoms with Crippen LogP contribution in [0.5, 0.6) is 0 Å². The summed E-state index contributed by atoms with van der Waals surface area (Å²) in [6, 6.07) is 14.0. The monoisotopic (exact) mass is 1220 g/mol. The van der Waals surface area contributed by atoms with Crippen molar-refractivity contribution in [3.05, 3.63) is 94.0 Å². The van der Waals surface area contributed by atoms with Gasteiger partial charge in [0.25, 0.3) is 17.7 Å². The number of hydrogen-bond donors (Lipinski definition) is 4. The second kappa shape index (κ2) is 34.2. The first kappa shape index (κ1) is 70.3. The Morgan fingerprint density at radius 1 is 0.793 bits per heavy atom. The summed E-state index contributed by atoms with van der Waals surface area (Å²) in [7, 11) is 1.69. The molecule has 87 heavy (non-hydrogen) atoms. The maximum Gasteiger partial charge on any atom is 0.306 e. The number of carbonyl (C=O) groups excluding carboxylic acids is 10. The van der Waals surface area contributed by atoms with Crippen LogP contribution in [0.4, 0.5) is 5.69 Å². The minimum atomic E-state index is -0.977. The molecule has 2 aliphatic heterocycles. The topological polar surface area (TPSA) is 276 Å². The van der Waals surface area contributed by atoms with Gasteiger partial charge < -0.3 is 35.6 Å². The van der Waals surface area contributed by atoms with Crippen molar-refractivity contribution in [2.45, 2.75) is 189 Å². The number of aryl methyl sites for hydroxylation is 1. The van der Waals surface area contributed by atoms with E-state index in [2.05, 4.69) is 20.9 Å². The van der Waals surface area contributed by atoms with Crippen LogP contribution in [0.2, 0.25) is 0 Å². The highest BCUT2D eigenvalue weighted by atomic mass is 32.1. The summed E-state index contributed by atoms with van der Waals surface area (Å²) in [5, 5.41) is 20.2. The largest absolute Gasteiger partial charge is 0.481 e. The maximum atomic E-state index is 14.8. The molecule has 0 radical (unpaired) electrons. The van der Waals surface area contributed by atoms with E-state index in [1.807, 2.05) is 84.0 Å². The first-order valence-electron chi connectivity index (χ1n) is 30.8. The maximum absolute atomic E-state index is 14.8. The van der Waals surface area contributed by atoms with Crippen LogP contribution in [-0.4, -0.2) is 134 Å². The molecule has 3 aromatic rings. The van der Waals surface area contributed by atoms with Crippen LogP contribution in [0.1, 0.15) is 179 Å². The van der Waals surface area contributed by atoms with Crippen molar-refractivity contribution in [3.8, 4) is 0 Å². The number of piperidine rings is 1. The molecule has 20 nitrogen and oxygen atoms in total. The van der Waals surface area contributed by atoms with E-state index < -0.39 is 65.9 Å². The predicted molar refractivity (Wildman–Crippen MR) is 331 cm³/mol. The summed E-state index contributed by atoms with van der Waals surface area (Å²) in [6.07, 6.45) is 7.05. The number of amides is 7. The summed E-state index contributed by atoms with van der Waals surface area (Å²) in [5.41, 5.74) is 2.35. The lowest BCUT2D eigenvalue weighted by Gasteiger charge is -2.38. The van der Waals surface area contributed by atoms with Crippen LogP contribution >= 0.6 is 11.3 Å². The smallest absolute Gasteiger partial charge is 0.306 e. The quantitative estimate of drug-likeness (QED) is 0.0243. The van der Waals surface area contributed by atoms with Gasteiger partial charge in [0.15, 0.2) is 17.7 Å². The number of likely N-dealkylation sites (tertiary alicyclic amines) is 1. The lowest BCUT2D eigenvalue weighted by atomic mass is 9.82. The molecule has 1 fully saturated rings. The number of Topliss-reactive ketones (excluding diaryl/α,β-unsaturated/α-hetero) is 2. The highest BCUT2D eigenvalue weighted by molar-refractivity contribution is 7.09. The van der Waals surface area contributed by atoms with E-state index in [9.17, 15) is 57.8 Å². The lowest BCUT2D eigenvalue weighted by molar-refractivity contribution is -0.150. The number of aliphatic carboxylic acids is 1. The van der Waals surface area contributed by atoms with Gasteiger partial charge in [0.1, 0.15) is 10.7 Å². The molecule has 4 N–H and O–H groups in total. The van der Waals surface area contributed by atoms with Gasteiger partial charge in [0.05, 0.1) is 18.0 Å². The lowest BCUT2D eigenvalue weighted by Crippen LogP contribution is -2.50. The van der Waals surface area contributed by atoms with Crippen LogP contribution in [-0.2, 0) is 65.5 Å². The fourth-order valence-electron chi connectivity index (χ4n) is 11.3. The van der Waals surface area contributed by atoms with Gasteiger partial charge in [0.2, 0.25) is 23.6 Å². The second-order valence-electron chi connectivity index (χ2n) is 24.3. The molecule has 0 bridgehead atoms. The number of carboxylic acid groups (broad SMARTS) is 1. The normalized spacial score (nSPS) is 16.9. The van der Waals surface area contributed by atoms with Gasteiger partial charge in [0, 0.05) is 106 Å². The summed E-state index contributed by atoms with van der Waals surface area (Å²) in [4.78, 5) is 154.